The summed E-state index contributed by atoms with van der Waals surface area (Å²) in [6.45, 7) is 2.01. The van der Waals surface area contributed by atoms with Crippen molar-refractivity contribution in [2.45, 2.75) is 44.8 Å². The molecule has 6 heteroatoms. The average Bonchev–Trinajstić information content (AvgIpc) is 3.13. The van der Waals surface area contributed by atoms with Crippen molar-refractivity contribution in [3.05, 3.63) is 54.0 Å². The van der Waals surface area contributed by atoms with E-state index < -0.39 is 0 Å². The third kappa shape index (κ3) is 3.69. The largest absolute Gasteiger partial charge is 0.474 e. The minimum atomic E-state index is -0.0360. The lowest BCUT2D eigenvalue weighted by Crippen LogP contribution is -2.39. The van der Waals surface area contributed by atoms with E-state index in [0.29, 0.717) is 11.4 Å². The van der Waals surface area contributed by atoms with Crippen molar-refractivity contribution < 1.29 is 9.53 Å². The zero-order valence-corrected chi connectivity index (χ0v) is 14.7. The first-order valence-corrected chi connectivity index (χ1v) is 9.01. The number of aromatic amines is 1. The molecule has 4 rings (SSSR count). The Balaban J connectivity index is 1.30. The number of hydrogen-bond acceptors (Lipinski definition) is 4. The predicted molar refractivity (Wildman–Crippen MR) is 99.2 cm³/mol. The Kier molecular flexibility index (Phi) is 4.56. The summed E-state index contributed by atoms with van der Waals surface area (Å²) in [6.07, 6.45) is 7.28. The zero-order valence-electron chi connectivity index (χ0n) is 14.7. The Morgan fingerprint density at radius 3 is 2.77 bits per heavy atom. The molecule has 2 heterocycles. The monoisotopic (exact) mass is 350 g/mol. The van der Waals surface area contributed by atoms with Crippen LogP contribution in [0.25, 0.3) is 11.0 Å². The molecule has 0 bridgehead atoms. The van der Waals surface area contributed by atoms with Gasteiger partial charge in [0, 0.05) is 23.9 Å². The summed E-state index contributed by atoms with van der Waals surface area (Å²) < 4.78 is 5.95. The molecule has 134 valence electrons. The van der Waals surface area contributed by atoms with Crippen molar-refractivity contribution in [1.29, 1.82) is 0 Å². The highest BCUT2D eigenvalue weighted by Gasteiger charge is 2.24. The maximum atomic E-state index is 12.5. The van der Waals surface area contributed by atoms with Gasteiger partial charge in [0.15, 0.2) is 0 Å². The van der Waals surface area contributed by atoms with E-state index in [1.165, 1.54) is 0 Å². The van der Waals surface area contributed by atoms with Gasteiger partial charge in [-0.2, -0.15) is 0 Å². The molecule has 1 aliphatic carbocycles. The molecule has 2 N–H and O–H groups in total. The molecule has 0 unspecified atom stereocenters. The fraction of sp³-hybridized carbons (Fsp3) is 0.350. The molecule has 1 aromatic carbocycles. The van der Waals surface area contributed by atoms with Gasteiger partial charge in [0.05, 0.1) is 17.4 Å². The molecular weight excluding hydrogens is 328 g/mol. The van der Waals surface area contributed by atoms with Gasteiger partial charge in [-0.25, -0.2) is 9.97 Å². The highest BCUT2D eigenvalue weighted by atomic mass is 16.5. The Hall–Kier alpha value is -2.89. The van der Waals surface area contributed by atoms with Crippen molar-refractivity contribution in [2.24, 2.45) is 0 Å². The van der Waals surface area contributed by atoms with Crippen molar-refractivity contribution in [1.82, 2.24) is 20.3 Å². The van der Waals surface area contributed by atoms with E-state index in [1.54, 1.807) is 6.33 Å². The molecule has 1 amide bonds. The number of hydrogen-bond donors (Lipinski definition) is 2. The summed E-state index contributed by atoms with van der Waals surface area (Å²) in [5, 5.41) is 3.14. The number of pyridine rings is 1. The number of nitrogens with one attached hydrogen (secondary N) is 2. The van der Waals surface area contributed by atoms with Crippen LogP contribution < -0.4 is 10.1 Å². The van der Waals surface area contributed by atoms with Crippen LogP contribution in [0.2, 0.25) is 0 Å². The fourth-order valence-electron chi connectivity index (χ4n) is 3.37. The van der Waals surface area contributed by atoms with E-state index in [4.69, 9.17) is 4.74 Å². The van der Waals surface area contributed by atoms with Gasteiger partial charge in [-0.3, -0.25) is 4.79 Å². The highest BCUT2D eigenvalue weighted by molar-refractivity contribution is 5.97. The molecular formula is C20H22N4O2. The SMILES string of the molecule is Cc1ccc(OC2CCC(NC(=O)c3ccc4nc[nH]c4c3)CC2)nc1. The minimum Gasteiger partial charge on any atom is -0.474 e. The molecule has 0 radical (unpaired) electrons. The minimum absolute atomic E-state index is 0.0360. The number of amides is 1. The third-order valence-corrected chi connectivity index (χ3v) is 4.86. The predicted octanol–water partition coefficient (Wildman–Crippen LogP) is 3.39. The standard InChI is InChI=1S/C20H22N4O2/c1-13-2-9-19(21-11-13)26-16-6-4-15(5-7-16)24-20(25)14-3-8-17-18(10-14)23-12-22-17/h2-3,8-12,15-16H,4-7H2,1H3,(H,22,23)(H,24,25). The molecule has 0 aliphatic heterocycles. The fourth-order valence-corrected chi connectivity index (χ4v) is 3.37. The Bertz CT molecular complexity index is 896. The number of rotatable bonds is 4. The van der Waals surface area contributed by atoms with Gasteiger partial charge < -0.3 is 15.0 Å². The van der Waals surface area contributed by atoms with Crippen LogP contribution in [-0.2, 0) is 0 Å². The van der Waals surface area contributed by atoms with E-state index in [2.05, 4.69) is 20.3 Å². The third-order valence-electron chi connectivity index (χ3n) is 4.86. The number of benzene rings is 1. The molecule has 6 nitrogen and oxygen atoms in total. The van der Waals surface area contributed by atoms with Crippen LogP contribution in [0.15, 0.2) is 42.9 Å². The summed E-state index contributed by atoms with van der Waals surface area (Å²) in [7, 11) is 0. The number of carbonyl (C=O) groups excluding carboxylic acids is 1. The molecule has 1 saturated carbocycles. The summed E-state index contributed by atoms with van der Waals surface area (Å²) >= 11 is 0. The van der Waals surface area contributed by atoms with Crippen molar-refractivity contribution in [3.63, 3.8) is 0 Å². The van der Waals surface area contributed by atoms with Crippen LogP contribution in [-0.4, -0.2) is 33.0 Å². The van der Waals surface area contributed by atoms with E-state index in [1.807, 2.05) is 43.5 Å². The molecule has 0 atom stereocenters. The second kappa shape index (κ2) is 7.15. The highest BCUT2D eigenvalue weighted by Crippen LogP contribution is 2.23. The molecule has 26 heavy (non-hydrogen) atoms. The van der Waals surface area contributed by atoms with Gasteiger partial charge in [-0.05, 0) is 56.4 Å². The number of ether oxygens (including phenoxy) is 1. The second-order valence-corrected chi connectivity index (χ2v) is 6.87. The smallest absolute Gasteiger partial charge is 0.251 e. The number of aryl methyl sites for hydroxylation is 1. The lowest BCUT2D eigenvalue weighted by atomic mass is 9.92. The van der Waals surface area contributed by atoms with Gasteiger partial charge in [-0.15, -0.1) is 0 Å². The summed E-state index contributed by atoms with van der Waals surface area (Å²) in [6, 6.07) is 9.62. The van der Waals surface area contributed by atoms with Crippen LogP contribution in [0, 0.1) is 6.92 Å². The number of carbonyl (C=O) groups is 1. The molecule has 1 aliphatic rings. The maximum Gasteiger partial charge on any atom is 0.251 e. The number of H-pyrrole nitrogens is 1. The normalized spacial score (nSPS) is 20.0. The Morgan fingerprint density at radius 1 is 1.15 bits per heavy atom. The lowest BCUT2D eigenvalue weighted by Gasteiger charge is -2.29. The quantitative estimate of drug-likeness (QED) is 0.756. The van der Waals surface area contributed by atoms with Crippen LogP contribution in [0.1, 0.15) is 41.6 Å². The number of fused-ring (bicyclic) bond motifs is 1. The van der Waals surface area contributed by atoms with Crippen LogP contribution in [0.3, 0.4) is 0 Å². The number of nitrogens with zero attached hydrogens (tertiary/aromatic N) is 2. The summed E-state index contributed by atoms with van der Waals surface area (Å²) in [5.74, 6) is 0.641. The Morgan fingerprint density at radius 2 is 2.00 bits per heavy atom. The molecule has 2 aromatic heterocycles. The zero-order chi connectivity index (χ0) is 17.9. The summed E-state index contributed by atoms with van der Waals surface area (Å²) in [5.41, 5.74) is 3.52. The van der Waals surface area contributed by atoms with Gasteiger partial charge in [0.25, 0.3) is 5.91 Å². The van der Waals surface area contributed by atoms with Crippen LogP contribution in [0.4, 0.5) is 0 Å². The van der Waals surface area contributed by atoms with Gasteiger partial charge >= 0.3 is 0 Å². The molecule has 0 spiro atoms. The van der Waals surface area contributed by atoms with E-state index in [-0.39, 0.29) is 18.1 Å². The van der Waals surface area contributed by atoms with Crippen LogP contribution >= 0.6 is 0 Å². The van der Waals surface area contributed by atoms with Crippen LogP contribution in [0.5, 0.6) is 5.88 Å². The average molecular weight is 350 g/mol. The molecule has 0 saturated heterocycles. The first-order chi connectivity index (χ1) is 12.7. The molecule has 3 aromatic rings. The second-order valence-electron chi connectivity index (χ2n) is 6.87. The van der Waals surface area contributed by atoms with Gasteiger partial charge in [0.1, 0.15) is 6.10 Å². The summed E-state index contributed by atoms with van der Waals surface area (Å²) in [4.78, 5) is 24.0. The maximum absolute atomic E-state index is 12.5. The lowest BCUT2D eigenvalue weighted by molar-refractivity contribution is 0.0890. The first kappa shape index (κ1) is 16.6. The van der Waals surface area contributed by atoms with Gasteiger partial charge in [-0.1, -0.05) is 6.07 Å². The van der Waals surface area contributed by atoms with E-state index in [9.17, 15) is 4.79 Å². The van der Waals surface area contributed by atoms with E-state index >= 15 is 0 Å². The molecule has 1 fully saturated rings. The number of aromatic nitrogens is 3. The van der Waals surface area contributed by atoms with Crippen molar-refractivity contribution in [3.8, 4) is 5.88 Å². The Labute approximate surface area is 152 Å². The first-order valence-electron chi connectivity index (χ1n) is 9.01. The van der Waals surface area contributed by atoms with E-state index in [0.717, 1.165) is 42.3 Å². The number of imidazole rings is 1. The van der Waals surface area contributed by atoms with Crippen molar-refractivity contribution >= 4 is 16.9 Å². The van der Waals surface area contributed by atoms with Crippen molar-refractivity contribution in [2.75, 3.05) is 0 Å². The van der Waals surface area contributed by atoms with Gasteiger partial charge in [0.2, 0.25) is 5.88 Å². The topological polar surface area (TPSA) is 79.9 Å².